The molecule has 0 N–H and O–H groups in total. The molecule has 0 unspecified atom stereocenters. The first-order valence-electron chi connectivity index (χ1n) is 6.67. The van der Waals surface area contributed by atoms with Crippen LogP contribution in [-0.2, 0) is 6.54 Å². The minimum Gasteiger partial charge on any atom is -0.301 e. The third-order valence-electron chi connectivity index (χ3n) is 2.89. The minimum atomic E-state index is 0.348. The van der Waals surface area contributed by atoms with Crippen molar-refractivity contribution < 1.29 is 0 Å². The van der Waals surface area contributed by atoms with Gasteiger partial charge in [0, 0.05) is 12.5 Å². The number of nitrogens with zero attached hydrogens (tertiary/aromatic N) is 5. The molecule has 0 saturated carbocycles. The fourth-order valence-electron chi connectivity index (χ4n) is 1.81. The Bertz CT molecular complexity index is 714. The highest BCUT2D eigenvalue weighted by Crippen LogP contribution is 2.32. The van der Waals surface area contributed by atoms with E-state index < -0.39 is 0 Å². The van der Waals surface area contributed by atoms with Gasteiger partial charge < -0.3 is 4.57 Å². The molecule has 0 aliphatic heterocycles. The Balaban J connectivity index is 1.88. The molecule has 3 heterocycles. The fourth-order valence-corrected chi connectivity index (χ4v) is 4.27. The lowest BCUT2D eigenvalue weighted by atomic mass is 10.2. The van der Waals surface area contributed by atoms with E-state index in [1.54, 1.807) is 11.3 Å². The van der Waals surface area contributed by atoms with Crippen molar-refractivity contribution >= 4 is 34.6 Å². The molecule has 0 bridgehead atoms. The quantitative estimate of drug-likeness (QED) is 0.700. The monoisotopic (exact) mass is 337 g/mol. The van der Waals surface area contributed by atoms with Crippen LogP contribution in [0.1, 0.15) is 32.5 Å². The van der Waals surface area contributed by atoms with Gasteiger partial charge in [0.15, 0.2) is 15.3 Å². The molecular weight excluding hydrogens is 322 g/mol. The standard InChI is InChI=1S/C13H15N5S3/c1-4-18-11(9-6-5-7-19-9)15-16-12(18)20-13-14-10(8(2)3)17-21-13/h5-8H,4H2,1-3H3. The highest BCUT2D eigenvalue weighted by atomic mass is 32.2. The smallest absolute Gasteiger partial charge is 0.198 e. The molecule has 0 atom stereocenters. The maximum atomic E-state index is 4.54. The van der Waals surface area contributed by atoms with Gasteiger partial charge in [0.1, 0.15) is 5.82 Å². The van der Waals surface area contributed by atoms with Crippen LogP contribution in [-0.4, -0.2) is 24.1 Å². The van der Waals surface area contributed by atoms with Crippen LogP contribution in [0.2, 0.25) is 0 Å². The van der Waals surface area contributed by atoms with Crippen molar-refractivity contribution in [2.45, 2.75) is 42.7 Å². The summed E-state index contributed by atoms with van der Waals surface area (Å²) in [4.78, 5) is 5.68. The SMILES string of the molecule is CCn1c(Sc2nc(C(C)C)ns2)nnc1-c1cccs1. The maximum Gasteiger partial charge on any atom is 0.198 e. The van der Waals surface area contributed by atoms with Crippen molar-refractivity contribution in [2.75, 3.05) is 0 Å². The average Bonchev–Trinajstić information content (AvgIpc) is 3.18. The number of aromatic nitrogens is 5. The van der Waals surface area contributed by atoms with Gasteiger partial charge in [0.25, 0.3) is 0 Å². The summed E-state index contributed by atoms with van der Waals surface area (Å²) in [7, 11) is 0. The zero-order chi connectivity index (χ0) is 14.8. The molecule has 0 fully saturated rings. The Morgan fingerprint density at radius 1 is 1.33 bits per heavy atom. The van der Waals surface area contributed by atoms with Crippen LogP contribution in [0.4, 0.5) is 0 Å². The molecule has 0 saturated heterocycles. The summed E-state index contributed by atoms with van der Waals surface area (Å²) in [6.45, 7) is 7.13. The first-order valence-corrected chi connectivity index (χ1v) is 9.14. The lowest BCUT2D eigenvalue weighted by Crippen LogP contribution is -1.98. The van der Waals surface area contributed by atoms with E-state index in [0.29, 0.717) is 5.92 Å². The van der Waals surface area contributed by atoms with Crippen LogP contribution in [0, 0.1) is 0 Å². The first kappa shape index (κ1) is 14.7. The van der Waals surface area contributed by atoms with E-state index in [2.05, 4.69) is 56.3 Å². The number of rotatable bonds is 5. The molecule has 0 amide bonds. The van der Waals surface area contributed by atoms with E-state index in [9.17, 15) is 0 Å². The Morgan fingerprint density at radius 3 is 2.81 bits per heavy atom. The van der Waals surface area contributed by atoms with Crippen LogP contribution < -0.4 is 0 Å². The largest absolute Gasteiger partial charge is 0.301 e. The minimum absolute atomic E-state index is 0.348. The van der Waals surface area contributed by atoms with E-state index in [1.165, 1.54) is 23.3 Å². The molecule has 110 valence electrons. The summed E-state index contributed by atoms with van der Waals surface area (Å²) in [5, 5.41) is 11.6. The average molecular weight is 337 g/mol. The normalized spacial score (nSPS) is 11.4. The molecule has 0 aliphatic carbocycles. The second-order valence-corrected chi connectivity index (χ2v) is 7.62. The predicted molar refractivity (Wildman–Crippen MR) is 87.1 cm³/mol. The third kappa shape index (κ3) is 3.02. The van der Waals surface area contributed by atoms with Gasteiger partial charge in [-0.2, -0.15) is 4.37 Å². The molecule has 3 aromatic heterocycles. The maximum absolute atomic E-state index is 4.54. The van der Waals surface area contributed by atoms with Crippen molar-refractivity contribution in [3.63, 3.8) is 0 Å². The molecule has 3 aromatic rings. The predicted octanol–water partition coefficient (Wildman–Crippen LogP) is 4.15. The number of hydrogen-bond acceptors (Lipinski definition) is 7. The molecule has 3 rings (SSSR count). The summed E-state index contributed by atoms with van der Waals surface area (Å²) in [6.07, 6.45) is 0. The van der Waals surface area contributed by atoms with Gasteiger partial charge in [-0.05, 0) is 41.7 Å². The van der Waals surface area contributed by atoms with Gasteiger partial charge in [-0.25, -0.2) is 4.98 Å². The van der Waals surface area contributed by atoms with Crippen LogP contribution in [0.25, 0.3) is 10.7 Å². The van der Waals surface area contributed by atoms with E-state index >= 15 is 0 Å². The van der Waals surface area contributed by atoms with Crippen molar-refractivity contribution in [1.82, 2.24) is 24.1 Å². The van der Waals surface area contributed by atoms with Crippen LogP contribution in [0.3, 0.4) is 0 Å². The third-order valence-corrected chi connectivity index (χ3v) is 5.51. The molecular formula is C13H15N5S3. The Kier molecular flexibility index (Phi) is 4.37. The van der Waals surface area contributed by atoms with Gasteiger partial charge in [-0.1, -0.05) is 19.9 Å². The number of hydrogen-bond donors (Lipinski definition) is 0. The molecule has 8 heteroatoms. The van der Waals surface area contributed by atoms with Gasteiger partial charge in [-0.3, -0.25) is 0 Å². The van der Waals surface area contributed by atoms with Crippen molar-refractivity contribution in [1.29, 1.82) is 0 Å². The highest BCUT2D eigenvalue weighted by molar-refractivity contribution is 8.00. The van der Waals surface area contributed by atoms with E-state index in [4.69, 9.17) is 0 Å². The van der Waals surface area contributed by atoms with Gasteiger partial charge >= 0.3 is 0 Å². The summed E-state index contributed by atoms with van der Waals surface area (Å²) >= 11 is 4.63. The summed E-state index contributed by atoms with van der Waals surface area (Å²) in [6, 6.07) is 4.10. The zero-order valence-electron chi connectivity index (χ0n) is 12.0. The number of thiophene rings is 1. The summed E-state index contributed by atoms with van der Waals surface area (Å²) < 4.78 is 7.41. The second kappa shape index (κ2) is 6.25. The lowest BCUT2D eigenvalue weighted by molar-refractivity contribution is 0.687. The summed E-state index contributed by atoms with van der Waals surface area (Å²) in [5.41, 5.74) is 0. The lowest BCUT2D eigenvalue weighted by Gasteiger charge is -2.04. The van der Waals surface area contributed by atoms with Crippen LogP contribution in [0.15, 0.2) is 27.0 Å². The van der Waals surface area contributed by atoms with Crippen molar-refractivity contribution in [3.8, 4) is 10.7 Å². The second-order valence-electron chi connectivity index (χ2n) is 4.70. The van der Waals surface area contributed by atoms with Crippen molar-refractivity contribution in [3.05, 3.63) is 23.3 Å². The zero-order valence-corrected chi connectivity index (χ0v) is 14.4. The summed E-state index contributed by atoms with van der Waals surface area (Å²) in [5.74, 6) is 2.16. The Labute approximate surface area is 135 Å². The van der Waals surface area contributed by atoms with E-state index in [1.807, 2.05) is 6.07 Å². The van der Waals surface area contributed by atoms with E-state index in [0.717, 1.165) is 32.6 Å². The molecule has 0 aromatic carbocycles. The Hall–Kier alpha value is -1.25. The molecule has 0 aliphatic rings. The van der Waals surface area contributed by atoms with Crippen LogP contribution in [0.5, 0.6) is 0 Å². The molecule has 5 nitrogen and oxygen atoms in total. The van der Waals surface area contributed by atoms with E-state index in [-0.39, 0.29) is 0 Å². The molecule has 21 heavy (non-hydrogen) atoms. The highest BCUT2D eigenvalue weighted by Gasteiger charge is 2.17. The molecule has 0 spiro atoms. The van der Waals surface area contributed by atoms with Gasteiger partial charge in [0.2, 0.25) is 0 Å². The van der Waals surface area contributed by atoms with Crippen LogP contribution >= 0.6 is 34.6 Å². The first-order chi connectivity index (χ1) is 10.2. The van der Waals surface area contributed by atoms with Gasteiger partial charge in [-0.15, -0.1) is 21.5 Å². The Morgan fingerprint density at radius 2 is 2.19 bits per heavy atom. The fraction of sp³-hybridized carbons (Fsp3) is 0.385. The van der Waals surface area contributed by atoms with Crippen molar-refractivity contribution in [2.24, 2.45) is 0 Å². The van der Waals surface area contributed by atoms with Gasteiger partial charge in [0.05, 0.1) is 4.88 Å². The topological polar surface area (TPSA) is 56.5 Å². The molecule has 0 radical (unpaired) electrons.